The van der Waals surface area contributed by atoms with Crippen LogP contribution >= 0.6 is 0 Å². The summed E-state index contributed by atoms with van der Waals surface area (Å²) in [7, 11) is 0. The molecule has 20 heavy (non-hydrogen) atoms. The van der Waals surface area contributed by atoms with Crippen molar-refractivity contribution < 1.29 is 24.3 Å². The fourth-order valence-electron chi connectivity index (χ4n) is 1.67. The van der Waals surface area contributed by atoms with Crippen molar-refractivity contribution in [1.82, 2.24) is 5.32 Å². The number of benzene rings is 1. The van der Waals surface area contributed by atoms with Crippen LogP contribution in [0.2, 0.25) is 0 Å². The average Bonchev–Trinajstić information content (AvgIpc) is 2.64. The number of nitrogens with one attached hydrogen (secondary N) is 1. The lowest BCUT2D eigenvalue weighted by Gasteiger charge is -1.96. The van der Waals surface area contributed by atoms with E-state index >= 15 is 0 Å². The van der Waals surface area contributed by atoms with Crippen LogP contribution in [-0.4, -0.2) is 28.7 Å². The van der Waals surface area contributed by atoms with Gasteiger partial charge in [-0.05, 0) is 25.5 Å². The Hall–Kier alpha value is -2.50. The van der Waals surface area contributed by atoms with E-state index in [0.29, 0.717) is 11.1 Å². The van der Waals surface area contributed by atoms with Crippen molar-refractivity contribution in [2.45, 2.75) is 26.7 Å². The Labute approximate surface area is 115 Å². The van der Waals surface area contributed by atoms with Crippen LogP contribution < -0.4 is 5.32 Å². The minimum atomic E-state index is -0.916. The lowest BCUT2D eigenvalue weighted by Crippen LogP contribution is -2.20. The molecule has 2 amide bonds. The highest BCUT2D eigenvalue weighted by Crippen LogP contribution is 2.18. The molecule has 0 bridgehead atoms. The van der Waals surface area contributed by atoms with Crippen LogP contribution in [0, 0.1) is 6.92 Å². The van der Waals surface area contributed by atoms with E-state index in [0.717, 1.165) is 5.56 Å². The van der Waals surface area contributed by atoms with Crippen molar-refractivity contribution in [2.75, 3.05) is 0 Å². The minimum absolute atomic E-state index is 0.0463. The lowest BCUT2D eigenvalue weighted by atomic mass is 10.0. The Bertz CT molecular complexity index is 563. The second-order valence-electron chi connectivity index (χ2n) is 4.38. The second kappa shape index (κ2) is 6.60. The van der Waals surface area contributed by atoms with Crippen LogP contribution in [0.1, 0.15) is 46.0 Å². The van der Waals surface area contributed by atoms with Crippen LogP contribution in [0.5, 0.6) is 0 Å². The summed E-state index contributed by atoms with van der Waals surface area (Å²) in [5.41, 5.74) is 1.85. The zero-order valence-electron chi connectivity index (χ0n) is 11.2. The largest absolute Gasteiger partial charge is 0.481 e. The summed E-state index contributed by atoms with van der Waals surface area (Å²) in [6.45, 7) is 3.19. The first-order valence-corrected chi connectivity index (χ1v) is 5.99. The quantitative estimate of drug-likeness (QED) is 0.811. The summed E-state index contributed by atoms with van der Waals surface area (Å²) in [5.74, 6) is -1.57. The number of carbonyl (C=O) groups is 4. The Morgan fingerprint density at radius 2 is 1.80 bits per heavy atom. The van der Waals surface area contributed by atoms with Crippen molar-refractivity contribution in [3.63, 3.8) is 0 Å². The van der Waals surface area contributed by atoms with Gasteiger partial charge in [-0.15, -0.1) is 0 Å². The van der Waals surface area contributed by atoms with Crippen molar-refractivity contribution in [2.24, 2.45) is 0 Å². The third-order valence-corrected chi connectivity index (χ3v) is 2.66. The fourth-order valence-corrected chi connectivity index (χ4v) is 1.67. The normalized spacial score (nSPS) is 12.1. The number of carboxylic acid groups (broad SMARTS) is 1. The number of ketones is 1. The van der Waals surface area contributed by atoms with Crippen molar-refractivity contribution in [3.8, 4) is 0 Å². The first-order chi connectivity index (χ1) is 9.32. The number of imide groups is 1. The van der Waals surface area contributed by atoms with Crippen molar-refractivity contribution in [3.05, 3.63) is 34.9 Å². The molecule has 6 nitrogen and oxygen atoms in total. The number of aryl methyl sites for hydroxylation is 1. The third-order valence-electron chi connectivity index (χ3n) is 2.66. The maximum absolute atomic E-state index is 11.2. The topological polar surface area (TPSA) is 101 Å². The van der Waals surface area contributed by atoms with Gasteiger partial charge in [-0.2, -0.15) is 0 Å². The molecule has 2 N–H and O–H groups in total. The number of rotatable bonds is 3. The summed E-state index contributed by atoms with van der Waals surface area (Å²) in [6.07, 6.45) is 0.102. The first-order valence-electron chi connectivity index (χ1n) is 5.99. The van der Waals surface area contributed by atoms with E-state index in [-0.39, 0.29) is 30.4 Å². The molecule has 0 radical (unpaired) electrons. The molecular weight excluding hydrogens is 262 g/mol. The van der Waals surface area contributed by atoms with Crippen LogP contribution in [-0.2, 0) is 9.59 Å². The molecule has 1 aliphatic heterocycles. The van der Waals surface area contributed by atoms with Gasteiger partial charge in [0.05, 0.1) is 17.5 Å². The highest BCUT2D eigenvalue weighted by molar-refractivity contribution is 6.22. The number of amides is 2. The van der Waals surface area contributed by atoms with Gasteiger partial charge >= 0.3 is 5.97 Å². The molecule has 106 valence electrons. The molecule has 0 fully saturated rings. The van der Waals surface area contributed by atoms with E-state index in [9.17, 15) is 19.2 Å². The molecule has 0 spiro atoms. The number of hydrogen-bond donors (Lipinski definition) is 2. The fraction of sp³-hybridized carbons (Fsp3) is 0.286. The van der Waals surface area contributed by atoms with Crippen LogP contribution in [0.25, 0.3) is 0 Å². The predicted molar refractivity (Wildman–Crippen MR) is 70.5 cm³/mol. The molecule has 1 heterocycles. The molecular formula is C14H15NO5. The molecule has 0 unspecified atom stereocenters. The minimum Gasteiger partial charge on any atom is -0.481 e. The molecule has 2 rings (SSSR count). The average molecular weight is 277 g/mol. The van der Waals surface area contributed by atoms with Crippen molar-refractivity contribution >= 4 is 23.6 Å². The summed E-state index contributed by atoms with van der Waals surface area (Å²) < 4.78 is 0. The predicted octanol–water partition coefficient (Wildman–Crippen LogP) is 1.32. The number of aliphatic carboxylic acids is 1. The maximum Gasteiger partial charge on any atom is 0.303 e. The summed E-state index contributed by atoms with van der Waals surface area (Å²) in [5, 5.41) is 10.3. The molecule has 1 aromatic carbocycles. The van der Waals surface area contributed by atoms with Crippen molar-refractivity contribution in [1.29, 1.82) is 0 Å². The Kier molecular flexibility index (Phi) is 5.14. The van der Waals surface area contributed by atoms with Gasteiger partial charge in [0, 0.05) is 6.42 Å². The summed E-state index contributed by atoms with van der Waals surface area (Å²) >= 11 is 0. The van der Waals surface area contributed by atoms with Gasteiger partial charge in [-0.25, -0.2) is 0 Å². The zero-order valence-corrected chi connectivity index (χ0v) is 11.2. The SMILES string of the molecule is CC(=O)CCC(=O)O.Cc1cccc2c1C(=O)NC2=O. The van der Waals surface area contributed by atoms with Gasteiger partial charge < -0.3 is 9.90 Å². The van der Waals surface area contributed by atoms with Gasteiger partial charge in [-0.1, -0.05) is 12.1 Å². The molecule has 6 heteroatoms. The zero-order chi connectivity index (χ0) is 15.3. The highest BCUT2D eigenvalue weighted by Gasteiger charge is 2.27. The Morgan fingerprint density at radius 3 is 2.25 bits per heavy atom. The Morgan fingerprint density at radius 1 is 1.15 bits per heavy atom. The standard InChI is InChI=1S/C9H7NO2.C5H8O3/c1-5-3-2-4-6-7(5)9(12)10-8(6)11;1-4(6)2-3-5(7)8/h2-4H,1H3,(H,10,11,12);2-3H2,1H3,(H,7,8). The molecule has 0 atom stereocenters. The molecule has 0 saturated heterocycles. The summed E-state index contributed by atoms with van der Waals surface area (Å²) in [6, 6.07) is 5.24. The molecule has 0 saturated carbocycles. The van der Waals surface area contributed by atoms with Gasteiger partial charge in [0.15, 0.2) is 0 Å². The van der Waals surface area contributed by atoms with E-state index < -0.39 is 5.97 Å². The van der Waals surface area contributed by atoms with Gasteiger partial charge in [0.1, 0.15) is 5.78 Å². The molecule has 0 aliphatic carbocycles. The van der Waals surface area contributed by atoms with Gasteiger partial charge in [0.2, 0.25) is 0 Å². The maximum atomic E-state index is 11.2. The van der Waals surface area contributed by atoms with Crippen LogP contribution in [0.15, 0.2) is 18.2 Å². The van der Waals surface area contributed by atoms with Crippen LogP contribution in [0.4, 0.5) is 0 Å². The number of hydrogen-bond acceptors (Lipinski definition) is 4. The van der Waals surface area contributed by atoms with E-state index in [1.54, 1.807) is 12.1 Å². The number of Topliss-reactive ketones (excluding diaryl/α,β-unsaturated/α-hetero) is 1. The highest BCUT2D eigenvalue weighted by atomic mass is 16.4. The molecule has 1 aliphatic rings. The monoisotopic (exact) mass is 277 g/mol. The van der Waals surface area contributed by atoms with Crippen LogP contribution in [0.3, 0.4) is 0 Å². The summed E-state index contributed by atoms with van der Waals surface area (Å²) in [4.78, 5) is 42.1. The number of fused-ring (bicyclic) bond motifs is 1. The number of carboxylic acids is 1. The number of carbonyl (C=O) groups excluding carboxylic acids is 3. The molecule has 1 aromatic rings. The second-order valence-corrected chi connectivity index (χ2v) is 4.38. The Balaban J connectivity index is 0.000000221. The molecule has 0 aromatic heterocycles. The van der Waals surface area contributed by atoms with E-state index in [1.807, 2.05) is 13.0 Å². The lowest BCUT2D eigenvalue weighted by molar-refractivity contribution is -0.138. The van der Waals surface area contributed by atoms with E-state index in [1.165, 1.54) is 6.92 Å². The van der Waals surface area contributed by atoms with E-state index in [2.05, 4.69) is 5.32 Å². The van der Waals surface area contributed by atoms with Gasteiger partial charge in [0.25, 0.3) is 11.8 Å². The third kappa shape index (κ3) is 4.01. The van der Waals surface area contributed by atoms with E-state index in [4.69, 9.17) is 5.11 Å². The smallest absolute Gasteiger partial charge is 0.303 e. The first kappa shape index (κ1) is 15.6. The van der Waals surface area contributed by atoms with Gasteiger partial charge in [-0.3, -0.25) is 19.7 Å².